The van der Waals surface area contributed by atoms with Gasteiger partial charge in [-0.2, -0.15) is 0 Å². The minimum atomic E-state index is -0.642. The summed E-state index contributed by atoms with van der Waals surface area (Å²) in [5, 5.41) is 1.04. The van der Waals surface area contributed by atoms with Gasteiger partial charge >= 0.3 is 0 Å². The van der Waals surface area contributed by atoms with Gasteiger partial charge in [0.25, 0.3) is 0 Å². The third-order valence-corrected chi connectivity index (χ3v) is 10.5. The quantitative estimate of drug-likeness (QED) is 0.249. The van der Waals surface area contributed by atoms with Crippen LogP contribution in [0.5, 0.6) is 17.2 Å². The van der Waals surface area contributed by atoms with Gasteiger partial charge in [0.2, 0.25) is 11.7 Å². The average Bonchev–Trinajstić information content (AvgIpc) is 3.48. The lowest BCUT2D eigenvalue weighted by molar-refractivity contribution is -0.125. The highest BCUT2D eigenvalue weighted by molar-refractivity contribution is 6.42. The molecule has 0 spiro atoms. The van der Waals surface area contributed by atoms with Crippen molar-refractivity contribution in [3.05, 3.63) is 87.4 Å². The maximum atomic E-state index is 13.5. The van der Waals surface area contributed by atoms with Crippen LogP contribution >= 0.6 is 23.2 Å². The van der Waals surface area contributed by atoms with Crippen molar-refractivity contribution in [2.75, 3.05) is 60.6 Å². The van der Waals surface area contributed by atoms with E-state index in [1.165, 1.54) is 21.3 Å². The Hall–Kier alpha value is -3.30. The molecule has 2 aliphatic rings. The molecule has 1 atom stereocenters. The first-order valence-corrected chi connectivity index (χ1v) is 16.0. The number of ether oxygens (including phenoxy) is 3. The predicted octanol–water partition coefficient (Wildman–Crippen LogP) is 5.75. The number of hydrogen-bond acceptors (Lipinski definition) is 7. The number of hydrogen-bond donors (Lipinski definition) is 1. The molecule has 2 N–H and O–H groups in total. The normalized spacial score (nSPS) is 20.1. The number of primary amides is 1. The Morgan fingerprint density at radius 1 is 0.800 bits per heavy atom. The lowest BCUT2D eigenvalue weighted by Crippen LogP contribution is -2.50. The first kappa shape index (κ1) is 33.1. The zero-order valence-corrected chi connectivity index (χ0v) is 27.6. The number of nitrogens with two attached hydrogens (primary N) is 1. The summed E-state index contributed by atoms with van der Waals surface area (Å²) >= 11 is 12.8. The van der Waals surface area contributed by atoms with Crippen LogP contribution in [0.3, 0.4) is 0 Å². The molecule has 0 aliphatic carbocycles. The van der Waals surface area contributed by atoms with Crippen molar-refractivity contribution in [3.63, 3.8) is 0 Å². The van der Waals surface area contributed by atoms with E-state index in [-0.39, 0.29) is 23.7 Å². The number of ketones is 1. The fourth-order valence-corrected chi connectivity index (χ4v) is 7.30. The fraction of sp³-hybridized carbons (Fsp3) is 0.429. The number of benzene rings is 3. The maximum absolute atomic E-state index is 13.5. The molecule has 2 saturated heterocycles. The van der Waals surface area contributed by atoms with E-state index in [9.17, 15) is 9.59 Å². The van der Waals surface area contributed by atoms with Gasteiger partial charge in [-0.15, -0.1) is 0 Å². The largest absolute Gasteiger partial charge is 0.493 e. The van der Waals surface area contributed by atoms with Crippen LogP contribution in [0, 0.1) is 0 Å². The van der Waals surface area contributed by atoms with Crippen molar-refractivity contribution < 1.29 is 23.8 Å². The highest BCUT2D eigenvalue weighted by Crippen LogP contribution is 2.42. The standard InChI is InChI=1S/C35H41Cl2N3O5/c1-43-30-19-24(20-31(44-2)32(30)45-3)29(41)22-40-16-12-34(23-40,26-9-10-27(36)28(37)21-26)11-15-39-17-13-35(14-18-39,33(38)42)25-7-5-4-6-8-25/h4-10,19-21H,11-18,22-23H2,1-3H3,(H2,38,42). The highest BCUT2D eigenvalue weighted by Gasteiger charge is 2.44. The number of Topliss-reactive ketones (excluding diaryl/α,β-unsaturated/α-hetero) is 1. The Labute approximate surface area is 275 Å². The molecule has 45 heavy (non-hydrogen) atoms. The van der Waals surface area contributed by atoms with Gasteiger partial charge in [0.05, 0.1) is 43.3 Å². The zero-order chi connectivity index (χ0) is 32.2. The van der Waals surface area contributed by atoms with Gasteiger partial charge in [-0.05, 0) is 87.3 Å². The predicted molar refractivity (Wildman–Crippen MR) is 177 cm³/mol. The second-order valence-corrected chi connectivity index (χ2v) is 12.9. The molecule has 3 aromatic carbocycles. The maximum Gasteiger partial charge on any atom is 0.228 e. The summed E-state index contributed by atoms with van der Waals surface area (Å²) in [5.74, 6) is 1.05. The van der Waals surface area contributed by atoms with Crippen LogP contribution in [0.2, 0.25) is 10.0 Å². The van der Waals surface area contributed by atoms with E-state index in [1.807, 2.05) is 42.5 Å². The van der Waals surface area contributed by atoms with Gasteiger partial charge in [-0.3, -0.25) is 14.5 Å². The molecule has 1 amide bonds. The molecule has 2 fully saturated rings. The van der Waals surface area contributed by atoms with E-state index >= 15 is 0 Å². The molecule has 5 rings (SSSR count). The molecular formula is C35H41Cl2N3O5. The topological polar surface area (TPSA) is 94.3 Å². The summed E-state index contributed by atoms with van der Waals surface area (Å²) in [4.78, 5) is 30.9. The zero-order valence-electron chi connectivity index (χ0n) is 26.1. The van der Waals surface area contributed by atoms with Crippen molar-refractivity contribution in [1.29, 1.82) is 0 Å². The third kappa shape index (κ3) is 6.80. The Morgan fingerprint density at radius 3 is 2.02 bits per heavy atom. The van der Waals surface area contributed by atoms with Crippen LogP contribution < -0.4 is 19.9 Å². The van der Waals surface area contributed by atoms with E-state index < -0.39 is 5.41 Å². The summed E-state index contributed by atoms with van der Waals surface area (Å²) in [6, 6.07) is 19.2. The fourth-order valence-electron chi connectivity index (χ4n) is 7.00. The smallest absolute Gasteiger partial charge is 0.228 e. The van der Waals surface area contributed by atoms with Crippen LogP contribution in [0.15, 0.2) is 60.7 Å². The number of halogens is 2. The molecule has 3 aromatic rings. The summed E-state index contributed by atoms with van der Waals surface area (Å²) in [6.45, 7) is 4.11. The number of piperidine rings is 1. The monoisotopic (exact) mass is 653 g/mol. The van der Waals surface area contributed by atoms with Crippen LogP contribution in [-0.4, -0.2) is 82.1 Å². The first-order valence-electron chi connectivity index (χ1n) is 15.2. The van der Waals surface area contributed by atoms with Crippen molar-refractivity contribution >= 4 is 34.9 Å². The lowest BCUT2D eigenvalue weighted by atomic mass is 9.71. The van der Waals surface area contributed by atoms with Crippen molar-refractivity contribution in [1.82, 2.24) is 9.80 Å². The van der Waals surface area contributed by atoms with E-state index in [2.05, 4.69) is 15.9 Å². The number of nitrogens with zero attached hydrogens (tertiary/aromatic N) is 2. The van der Waals surface area contributed by atoms with Crippen LogP contribution in [0.25, 0.3) is 0 Å². The Bertz CT molecular complexity index is 1500. The van der Waals surface area contributed by atoms with Crippen LogP contribution in [-0.2, 0) is 15.6 Å². The number of carbonyl (C=O) groups is 2. The number of methoxy groups -OCH3 is 3. The van der Waals surface area contributed by atoms with E-state index in [0.717, 1.165) is 50.1 Å². The van der Waals surface area contributed by atoms with E-state index in [4.69, 9.17) is 43.1 Å². The van der Waals surface area contributed by atoms with Crippen LogP contribution in [0.4, 0.5) is 0 Å². The van der Waals surface area contributed by atoms with Gasteiger partial charge in [0.15, 0.2) is 17.3 Å². The summed E-state index contributed by atoms with van der Waals surface area (Å²) in [7, 11) is 4.61. The van der Waals surface area contributed by atoms with Gasteiger partial charge in [-0.25, -0.2) is 0 Å². The van der Waals surface area contributed by atoms with Crippen molar-refractivity contribution in [3.8, 4) is 17.2 Å². The van der Waals surface area contributed by atoms with Crippen LogP contribution in [0.1, 0.15) is 47.2 Å². The molecule has 1 unspecified atom stereocenters. The van der Waals surface area contributed by atoms with Crippen molar-refractivity contribution in [2.24, 2.45) is 5.73 Å². The molecule has 2 aliphatic heterocycles. The number of amides is 1. The number of carbonyl (C=O) groups excluding carboxylic acids is 2. The molecule has 8 nitrogen and oxygen atoms in total. The molecule has 0 aromatic heterocycles. The Kier molecular flexibility index (Phi) is 10.3. The Balaban J connectivity index is 1.31. The SMILES string of the molecule is COc1cc(C(=O)CN2CCC(CCN3CCC(C(N)=O)(c4ccccc4)CC3)(c3ccc(Cl)c(Cl)c3)C2)cc(OC)c1OC. The van der Waals surface area contributed by atoms with Gasteiger partial charge < -0.3 is 24.8 Å². The van der Waals surface area contributed by atoms with Gasteiger partial charge in [0.1, 0.15) is 0 Å². The van der Waals surface area contributed by atoms with E-state index in [0.29, 0.717) is 52.2 Å². The molecular weight excluding hydrogens is 613 g/mol. The lowest BCUT2D eigenvalue weighted by Gasteiger charge is -2.41. The molecule has 240 valence electrons. The molecule has 10 heteroatoms. The van der Waals surface area contributed by atoms with Gasteiger partial charge in [-0.1, -0.05) is 59.6 Å². The molecule has 0 radical (unpaired) electrons. The molecule has 2 heterocycles. The molecule has 0 saturated carbocycles. The number of likely N-dealkylation sites (tertiary alicyclic amines) is 2. The van der Waals surface area contributed by atoms with Gasteiger partial charge in [0, 0.05) is 17.5 Å². The van der Waals surface area contributed by atoms with Crippen molar-refractivity contribution in [2.45, 2.75) is 36.5 Å². The molecule has 0 bridgehead atoms. The number of rotatable bonds is 12. The Morgan fingerprint density at radius 2 is 1.44 bits per heavy atom. The average molecular weight is 655 g/mol. The summed E-state index contributed by atoms with van der Waals surface area (Å²) in [5.41, 5.74) is 7.74. The third-order valence-electron chi connectivity index (χ3n) is 9.73. The minimum absolute atomic E-state index is 0.0288. The minimum Gasteiger partial charge on any atom is -0.493 e. The van der Waals surface area contributed by atoms with E-state index in [1.54, 1.807) is 12.1 Å². The summed E-state index contributed by atoms with van der Waals surface area (Å²) in [6.07, 6.45) is 3.11. The second kappa shape index (κ2) is 14.0. The first-order chi connectivity index (χ1) is 21.6. The highest BCUT2D eigenvalue weighted by atomic mass is 35.5. The second-order valence-electron chi connectivity index (χ2n) is 12.1. The summed E-state index contributed by atoms with van der Waals surface area (Å²) < 4.78 is 16.4.